The van der Waals surface area contributed by atoms with Gasteiger partial charge in [-0.1, -0.05) is 75.4 Å². The molecule has 9 heteroatoms. The minimum absolute atomic E-state index is 0.0420. The van der Waals surface area contributed by atoms with Crippen LogP contribution in [0.1, 0.15) is 52.6 Å². The normalized spacial score (nSPS) is 11.7. The molecule has 0 aliphatic rings. The summed E-state index contributed by atoms with van der Waals surface area (Å²) in [5.41, 5.74) is 0.308. The summed E-state index contributed by atoms with van der Waals surface area (Å²) >= 11 is 0. The fraction of sp³-hybridized carbons (Fsp3) is 0.143. The highest BCUT2D eigenvalue weighted by atomic mass is 32.2. The summed E-state index contributed by atoms with van der Waals surface area (Å²) in [6, 6.07) is 26.2. The number of rotatable bonds is 7. The molecule has 44 heavy (non-hydrogen) atoms. The molecule has 0 spiro atoms. The first-order valence-corrected chi connectivity index (χ1v) is 15.2. The van der Waals surface area contributed by atoms with E-state index in [2.05, 4.69) is 5.32 Å². The number of phenolic OH excluding ortho intramolecular Hbond substituents is 2. The van der Waals surface area contributed by atoms with Gasteiger partial charge < -0.3 is 20.3 Å². The number of aromatic hydroxyl groups is 2. The number of carbonyl (C=O) groups is 2. The standard InChI is InChI=1S/C35H31NO7S/c1-35(2,3)28-11-7-8-12-29(28)44(41,42)25-17-15-24(16-18-25)36-34(40)27-20-26(33(43-4)32(39)31(27)38)30(37)23-14-13-21-9-5-6-10-22(21)19-23/h5-20,38-39H,1-4H3,(H,36,40). The van der Waals surface area contributed by atoms with Gasteiger partial charge in [0.2, 0.25) is 15.6 Å². The Labute approximate surface area is 255 Å². The molecule has 0 aromatic heterocycles. The van der Waals surface area contributed by atoms with E-state index < -0.39 is 38.4 Å². The molecule has 3 N–H and O–H groups in total. The van der Waals surface area contributed by atoms with Crippen molar-refractivity contribution in [2.45, 2.75) is 36.0 Å². The molecule has 0 radical (unpaired) electrons. The van der Waals surface area contributed by atoms with E-state index in [4.69, 9.17) is 4.74 Å². The van der Waals surface area contributed by atoms with E-state index in [9.17, 15) is 28.2 Å². The molecule has 8 nitrogen and oxygen atoms in total. The number of hydrogen-bond acceptors (Lipinski definition) is 7. The molecule has 0 aliphatic heterocycles. The van der Waals surface area contributed by atoms with Crippen molar-refractivity contribution in [2.75, 3.05) is 12.4 Å². The van der Waals surface area contributed by atoms with Gasteiger partial charge in [0.15, 0.2) is 17.3 Å². The van der Waals surface area contributed by atoms with Crippen molar-refractivity contribution in [1.29, 1.82) is 0 Å². The van der Waals surface area contributed by atoms with E-state index in [0.29, 0.717) is 11.1 Å². The Bertz CT molecular complexity index is 2030. The molecule has 224 valence electrons. The summed E-state index contributed by atoms with van der Waals surface area (Å²) in [5, 5.41) is 25.7. The topological polar surface area (TPSA) is 130 Å². The van der Waals surface area contributed by atoms with Crippen LogP contribution < -0.4 is 10.1 Å². The zero-order chi connectivity index (χ0) is 31.8. The van der Waals surface area contributed by atoms with Crippen molar-refractivity contribution in [3.8, 4) is 17.2 Å². The van der Waals surface area contributed by atoms with E-state index in [1.54, 1.807) is 42.5 Å². The van der Waals surface area contributed by atoms with Crippen molar-refractivity contribution in [3.63, 3.8) is 0 Å². The van der Waals surface area contributed by atoms with Crippen LogP contribution in [0.2, 0.25) is 0 Å². The van der Waals surface area contributed by atoms with E-state index in [-0.39, 0.29) is 32.4 Å². The summed E-state index contributed by atoms with van der Waals surface area (Å²) < 4.78 is 32.2. The lowest BCUT2D eigenvalue weighted by atomic mass is 9.87. The lowest BCUT2D eigenvalue weighted by Crippen LogP contribution is -2.17. The molecule has 0 aliphatic carbocycles. The summed E-state index contributed by atoms with van der Waals surface area (Å²) in [7, 11) is -2.63. The van der Waals surface area contributed by atoms with Crippen molar-refractivity contribution in [2.24, 2.45) is 0 Å². The fourth-order valence-electron chi connectivity index (χ4n) is 5.04. The molecule has 0 bridgehead atoms. The predicted molar refractivity (Wildman–Crippen MR) is 169 cm³/mol. The molecule has 5 aromatic carbocycles. The van der Waals surface area contributed by atoms with Gasteiger partial charge in [-0.3, -0.25) is 9.59 Å². The van der Waals surface area contributed by atoms with Gasteiger partial charge in [-0.25, -0.2) is 8.42 Å². The van der Waals surface area contributed by atoms with E-state index in [0.717, 1.165) is 16.8 Å². The molecule has 5 aromatic rings. The van der Waals surface area contributed by atoms with Gasteiger partial charge in [0.1, 0.15) is 0 Å². The maximum absolute atomic E-state index is 13.5. The second-order valence-electron chi connectivity index (χ2n) is 11.3. The lowest BCUT2D eigenvalue weighted by Gasteiger charge is -2.22. The zero-order valence-electron chi connectivity index (χ0n) is 24.6. The summed E-state index contributed by atoms with van der Waals surface area (Å²) in [6.07, 6.45) is 0. The van der Waals surface area contributed by atoms with Crippen LogP contribution in [0.3, 0.4) is 0 Å². The first-order chi connectivity index (χ1) is 20.8. The molecule has 0 saturated heterocycles. The third-order valence-electron chi connectivity index (χ3n) is 7.34. The van der Waals surface area contributed by atoms with Gasteiger partial charge in [0, 0.05) is 11.3 Å². The molecule has 0 heterocycles. The van der Waals surface area contributed by atoms with E-state index >= 15 is 0 Å². The van der Waals surface area contributed by atoms with Crippen LogP contribution in [-0.2, 0) is 15.3 Å². The van der Waals surface area contributed by atoms with Gasteiger partial charge in [0.25, 0.3) is 5.91 Å². The number of ketones is 1. The first-order valence-electron chi connectivity index (χ1n) is 13.8. The molecular formula is C35H31NO7S. The Morgan fingerprint density at radius 1 is 0.750 bits per heavy atom. The monoisotopic (exact) mass is 609 g/mol. The SMILES string of the molecule is COc1c(C(=O)c2ccc3ccccc3c2)cc(C(=O)Nc2ccc(S(=O)(=O)c3ccccc3C(C)(C)C)cc2)c(O)c1O. The number of methoxy groups -OCH3 is 1. The Morgan fingerprint density at radius 2 is 1.39 bits per heavy atom. The largest absolute Gasteiger partial charge is 0.504 e. The molecule has 1 amide bonds. The van der Waals surface area contributed by atoms with E-state index in [1.807, 2.05) is 45.0 Å². The third-order valence-corrected chi connectivity index (χ3v) is 9.17. The zero-order valence-corrected chi connectivity index (χ0v) is 25.4. The highest BCUT2D eigenvalue weighted by molar-refractivity contribution is 7.91. The molecule has 0 fully saturated rings. The van der Waals surface area contributed by atoms with Gasteiger partial charge in [-0.05, 0) is 64.2 Å². The van der Waals surface area contributed by atoms with E-state index in [1.165, 1.54) is 31.4 Å². The van der Waals surface area contributed by atoms with Crippen LogP contribution in [-0.4, -0.2) is 37.4 Å². The third kappa shape index (κ3) is 5.61. The fourth-order valence-corrected chi connectivity index (χ4v) is 6.71. The van der Waals surface area contributed by atoms with Crippen LogP contribution in [0, 0.1) is 0 Å². The second-order valence-corrected chi connectivity index (χ2v) is 13.2. The van der Waals surface area contributed by atoms with Crippen molar-refractivity contribution in [3.05, 3.63) is 119 Å². The maximum atomic E-state index is 13.5. The minimum Gasteiger partial charge on any atom is -0.504 e. The van der Waals surface area contributed by atoms with Gasteiger partial charge in [-0.2, -0.15) is 0 Å². The summed E-state index contributed by atoms with van der Waals surface area (Å²) in [5.74, 6) is -3.17. The number of carbonyl (C=O) groups excluding carboxylic acids is 2. The molecule has 5 rings (SSSR count). The number of ether oxygens (including phenoxy) is 1. The highest BCUT2D eigenvalue weighted by Crippen LogP contribution is 2.42. The number of fused-ring (bicyclic) bond motifs is 1. The number of benzene rings is 5. The molecule has 0 saturated carbocycles. The molecule has 0 atom stereocenters. The van der Waals surface area contributed by atoms with Crippen LogP contribution >= 0.6 is 0 Å². The minimum atomic E-state index is -3.86. The van der Waals surface area contributed by atoms with Crippen LogP contribution in [0.5, 0.6) is 17.2 Å². The number of nitrogens with one attached hydrogen (secondary N) is 1. The summed E-state index contributed by atoms with van der Waals surface area (Å²) in [6.45, 7) is 5.81. The predicted octanol–water partition coefficient (Wildman–Crippen LogP) is 6.87. The smallest absolute Gasteiger partial charge is 0.259 e. The van der Waals surface area contributed by atoms with Gasteiger partial charge in [-0.15, -0.1) is 0 Å². The van der Waals surface area contributed by atoms with Gasteiger partial charge in [0.05, 0.1) is 28.0 Å². The van der Waals surface area contributed by atoms with Crippen molar-refractivity contribution in [1.82, 2.24) is 0 Å². The average molecular weight is 610 g/mol. The number of hydrogen-bond donors (Lipinski definition) is 3. The van der Waals surface area contributed by atoms with Crippen molar-refractivity contribution < 1.29 is 33.0 Å². The number of anilines is 1. The number of sulfone groups is 1. The van der Waals surface area contributed by atoms with Crippen LogP contribution in [0.4, 0.5) is 5.69 Å². The Balaban J connectivity index is 1.45. The second kappa shape index (κ2) is 11.5. The Kier molecular flexibility index (Phi) is 7.92. The van der Waals surface area contributed by atoms with Crippen molar-refractivity contribution >= 4 is 38.0 Å². The van der Waals surface area contributed by atoms with Crippen LogP contribution in [0.15, 0.2) is 107 Å². The number of phenols is 2. The lowest BCUT2D eigenvalue weighted by molar-refractivity contribution is 0.102. The first kappa shape index (κ1) is 30.3. The highest BCUT2D eigenvalue weighted by Gasteiger charge is 2.28. The number of amides is 1. The maximum Gasteiger partial charge on any atom is 0.259 e. The molecule has 0 unspecified atom stereocenters. The van der Waals surface area contributed by atoms with Gasteiger partial charge >= 0.3 is 0 Å². The molecular weight excluding hydrogens is 578 g/mol. The average Bonchev–Trinajstić information content (AvgIpc) is 3.01. The Hall–Kier alpha value is -5.15. The summed E-state index contributed by atoms with van der Waals surface area (Å²) in [4.78, 5) is 27.1. The quantitative estimate of drug-likeness (QED) is 0.136. The van der Waals surface area contributed by atoms with Crippen LogP contribution in [0.25, 0.3) is 10.8 Å². The Morgan fingerprint density at radius 3 is 2.05 bits per heavy atom.